The highest BCUT2D eigenvalue weighted by atomic mass is 16.6. The summed E-state index contributed by atoms with van der Waals surface area (Å²) in [4.78, 5) is 71.8. The average molecular weight is 914 g/mol. The van der Waals surface area contributed by atoms with Gasteiger partial charge in [-0.15, -0.1) is 0 Å². The van der Waals surface area contributed by atoms with Gasteiger partial charge in [-0.25, -0.2) is 4.79 Å². The molecule has 1 saturated carbocycles. The van der Waals surface area contributed by atoms with E-state index in [4.69, 9.17) is 23.7 Å². The molecule has 366 valence electrons. The lowest BCUT2D eigenvalue weighted by Gasteiger charge is -2.42. The molecule has 1 amide bonds. The Bertz CT molecular complexity index is 1760. The highest BCUT2D eigenvalue weighted by Crippen LogP contribution is 2.38. The molecule has 2 bridgehead atoms. The topological polar surface area (TPSA) is 195 Å². The predicted octanol–water partition coefficient (Wildman–Crippen LogP) is 6.18. The quantitative estimate of drug-likeness (QED) is 0.156. The van der Waals surface area contributed by atoms with Gasteiger partial charge >= 0.3 is 5.97 Å². The smallest absolute Gasteiger partial charge is 0.329 e. The van der Waals surface area contributed by atoms with Crippen molar-refractivity contribution in [3.05, 3.63) is 47.6 Å². The normalized spacial score (nSPS) is 39.1. The number of methoxy groups -OCH3 is 3. The summed E-state index contributed by atoms with van der Waals surface area (Å²) >= 11 is 0. The van der Waals surface area contributed by atoms with Gasteiger partial charge in [-0.3, -0.25) is 19.2 Å². The summed E-state index contributed by atoms with van der Waals surface area (Å²) in [5, 5.41) is 33.8. The van der Waals surface area contributed by atoms with Crippen LogP contribution in [-0.2, 0) is 47.7 Å². The molecule has 0 aromatic rings. The lowest BCUT2D eigenvalue weighted by atomic mass is 9.78. The van der Waals surface area contributed by atoms with Gasteiger partial charge in [0, 0.05) is 58.5 Å². The zero-order chi connectivity index (χ0) is 48.2. The first-order valence-corrected chi connectivity index (χ1v) is 23.9. The number of nitrogens with zero attached hydrogens (tertiary/aromatic N) is 1. The number of allylic oxidation sites excluding steroid dienone is 6. The molecule has 0 radical (unpaired) electrons. The second-order valence-electron chi connectivity index (χ2n) is 19.6. The van der Waals surface area contributed by atoms with Crippen molar-refractivity contribution in [2.24, 2.45) is 35.5 Å². The van der Waals surface area contributed by atoms with E-state index in [0.29, 0.717) is 63.4 Å². The van der Waals surface area contributed by atoms with Gasteiger partial charge in [0.1, 0.15) is 30.1 Å². The number of Topliss-reactive ketones (excluding diaryl/α,β-unsaturated/α-hetero) is 3. The number of carbonyl (C=O) groups excluding carboxylic acids is 5. The molecular weight excluding hydrogens is 835 g/mol. The van der Waals surface area contributed by atoms with Crippen molar-refractivity contribution >= 4 is 29.2 Å². The van der Waals surface area contributed by atoms with E-state index in [9.17, 15) is 39.3 Å². The minimum Gasteiger partial charge on any atom is -0.460 e. The van der Waals surface area contributed by atoms with Crippen molar-refractivity contribution in [2.75, 3.05) is 27.9 Å². The first kappa shape index (κ1) is 54.2. The largest absolute Gasteiger partial charge is 0.460 e. The number of carbonyl (C=O) groups is 5. The monoisotopic (exact) mass is 914 g/mol. The number of ether oxygens (including phenoxy) is 5. The Kier molecular flexibility index (Phi) is 21.0. The zero-order valence-electron chi connectivity index (χ0n) is 40.6. The molecule has 4 rings (SSSR count). The summed E-state index contributed by atoms with van der Waals surface area (Å²) in [7, 11) is 4.52. The van der Waals surface area contributed by atoms with Crippen LogP contribution in [0.25, 0.3) is 0 Å². The van der Waals surface area contributed by atoms with Crippen LogP contribution in [0.3, 0.4) is 0 Å². The van der Waals surface area contributed by atoms with Crippen LogP contribution in [0.4, 0.5) is 0 Å². The van der Waals surface area contributed by atoms with Crippen LogP contribution in [0.5, 0.6) is 0 Å². The first-order chi connectivity index (χ1) is 30.7. The molecule has 2 saturated heterocycles. The number of hydrogen-bond donors (Lipinski definition) is 3. The minimum atomic E-state index is -2.43. The molecule has 3 fully saturated rings. The predicted molar refractivity (Wildman–Crippen MR) is 245 cm³/mol. The molecular formula is C51H79NO13. The van der Waals surface area contributed by atoms with Crippen LogP contribution in [0.15, 0.2) is 47.6 Å². The number of piperidine rings is 1. The number of rotatable bonds is 6. The molecule has 14 heteroatoms. The number of cyclic esters (lactones) is 1. The maximum Gasteiger partial charge on any atom is 0.329 e. The maximum atomic E-state index is 14.4. The number of esters is 1. The second-order valence-corrected chi connectivity index (χ2v) is 19.6. The van der Waals surface area contributed by atoms with Gasteiger partial charge < -0.3 is 43.9 Å². The van der Waals surface area contributed by atoms with Crippen molar-refractivity contribution in [3.8, 4) is 0 Å². The molecule has 3 heterocycles. The number of aliphatic hydroxyl groups is 3. The van der Waals surface area contributed by atoms with Crippen LogP contribution < -0.4 is 0 Å². The first-order valence-electron chi connectivity index (χ1n) is 23.9. The molecule has 0 aromatic carbocycles. The van der Waals surface area contributed by atoms with Crippen molar-refractivity contribution in [3.63, 3.8) is 0 Å². The Labute approximate surface area is 387 Å². The van der Waals surface area contributed by atoms with Crippen molar-refractivity contribution < 1.29 is 63.0 Å². The summed E-state index contributed by atoms with van der Waals surface area (Å²) in [6.07, 6.45) is 11.2. The Morgan fingerprint density at radius 3 is 2.25 bits per heavy atom. The molecule has 3 aliphatic heterocycles. The standard InChI is InChI=1S/C51H79NO13/c1-30-16-12-11-13-17-31(2)42(61-8)28-38-21-19-36(7)51(60,65-38)48(57)49(58)52-23-15-14-18-39(52)50(59)64-43(33(4)26-37-20-22-40(53)44(27-37)62-9)29-41(54)32(3)25-35(6)46(56)47(63-10)45(55)34(5)24-30/h11-13,16-17,25,30,32-34,36-40,42-44,46-47,53,56,60H,14-15,18-24,26-29H2,1-10H3/b13-11?,16-12+,31-17?,35-25+/t30-,32-,33-,34-,36-,37?,38+,39+,40-,42+,43?,44-,46-,47+,51-/m1/s1. The van der Waals surface area contributed by atoms with E-state index < -0.39 is 83.9 Å². The fourth-order valence-corrected chi connectivity index (χ4v) is 10.1. The zero-order valence-corrected chi connectivity index (χ0v) is 40.6. The van der Waals surface area contributed by atoms with Gasteiger partial charge in [0.05, 0.1) is 24.4 Å². The van der Waals surface area contributed by atoms with Crippen LogP contribution >= 0.6 is 0 Å². The van der Waals surface area contributed by atoms with Crippen LogP contribution in [0, 0.1) is 35.5 Å². The van der Waals surface area contributed by atoms with Crippen LogP contribution in [-0.4, -0.2) is 132 Å². The van der Waals surface area contributed by atoms with Gasteiger partial charge in [0.15, 0.2) is 5.78 Å². The van der Waals surface area contributed by atoms with E-state index in [-0.39, 0.29) is 54.8 Å². The lowest BCUT2D eigenvalue weighted by molar-refractivity contribution is -0.265. The van der Waals surface area contributed by atoms with Crippen molar-refractivity contribution in [1.82, 2.24) is 4.90 Å². The van der Waals surface area contributed by atoms with Gasteiger partial charge in [-0.2, -0.15) is 0 Å². The number of fused-ring (bicyclic) bond motifs is 3. The van der Waals surface area contributed by atoms with E-state index in [0.717, 1.165) is 12.0 Å². The summed E-state index contributed by atoms with van der Waals surface area (Å²) in [5.41, 5.74) is 1.27. The van der Waals surface area contributed by atoms with Gasteiger partial charge in [-0.05, 0) is 107 Å². The van der Waals surface area contributed by atoms with E-state index in [1.165, 1.54) is 12.0 Å². The number of aliphatic hydroxyl groups excluding tert-OH is 2. The minimum absolute atomic E-state index is 0.0193. The summed E-state index contributed by atoms with van der Waals surface area (Å²) in [6.45, 7) is 12.7. The maximum absolute atomic E-state index is 14.4. The summed E-state index contributed by atoms with van der Waals surface area (Å²) in [5.74, 6) is -7.96. The molecule has 1 aliphatic carbocycles. The van der Waals surface area contributed by atoms with Crippen molar-refractivity contribution in [2.45, 2.75) is 180 Å². The van der Waals surface area contributed by atoms with Gasteiger partial charge in [0.2, 0.25) is 5.79 Å². The second kappa shape index (κ2) is 25.1. The van der Waals surface area contributed by atoms with E-state index in [1.54, 1.807) is 41.1 Å². The molecule has 0 aromatic heterocycles. The third-order valence-corrected chi connectivity index (χ3v) is 14.5. The lowest BCUT2D eigenvalue weighted by Crippen LogP contribution is -2.61. The third-order valence-electron chi connectivity index (χ3n) is 14.5. The fraction of sp³-hybridized carbons (Fsp3) is 0.745. The molecule has 2 unspecified atom stereocenters. The summed E-state index contributed by atoms with van der Waals surface area (Å²) in [6, 6.07) is -1.14. The average Bonchev–Trinajstić information content (AvgIpc) is 3.28. The van der Waals surface area contributed by atoms with E-state index in [2.05, 4.69) is 0 Å². The van der Waals surface area contributed by atoms with Gasteiger partial charge in [-0.1, -0.05) is 71.1 Å². The van der Waals surface area contributed by atoms with Gasteiger partial charge in [0.25, 0.3) is 11.7 Å². The highest BCUT2D eigenvalue weighted by molar-refractivity contribution is 6.39. The fourth-order valence-electron chi connectivity index (χ4n) is 10.1. The third kappa shape index (κ3) is 14.3. The van der Waals surface area contributed by atoms with E-state index >= 15 is 0 Å². The molecule has 3 N–H and O–H groups in total. The Morgan fingerprint density at radius 1 is 0.846 bits per heavy atom. The Balaban J connectivity index is 1.70. The number of ketones is 3. The number of amides is 1. The highest BCUT2D eigenvalue weighted by Gasteiger charge is 2.53. The Morgan fingerprint density at radius 2 is 1.57 bits per heavy atom. The van der Waals surface area contributed by atoms with E-state index in [1.807, 2.05) is 58.1 Å². The van der Waals surface area contributed by atoms with Crippen molar-refractivity contribution in [1.29, 1.82) is 0 Å². The molecule has 15 atom stereocenters. The van der Waals surface area contributed by atoms with Crippen LogP contribution in [0.2, 0.25) is 0 Å². The molecule has 14 nitrogen and oxygen atoms in total. The molecule has 65 heavy (non-hydrogen) atoms. The molecule has 0 spiro atoms. The number of hydrogen-bond acceptors (Lipinski definition) is 13. The Hall–Kier alpha value is -3.37. The SMILES string of the molecule is CO[C@H]1C[C@@H]2CC[C@@H](C)[C@@](O)(O2)C(=O)C(=O)N2CCCC[C@H]2C(=O)OC([C@H](C)CC2CC[C@@H](O)[C@H](OC)C2)CC(=O)[C@H](C)/C=C(\C)[C@@H](O)[C@@H](OC)C(=O)[C@H](C)C[C@H](C)/C=C/C=CC=C1C. The molecule has 4 aliphatic rings. The van der Waals surface area contributed by atoms with Crippen LogP contribution in [0.1, 0.15) is 126 Å². The summed E-state index contributed by atoms with van der Waals surface area (Å²) < 4.78 is 29.4.